The van der Waals surface area contributed by atoms with Gasteiger partial charge in [0, 0.05) is 19.7 Å². The van der Waals surface area contributed by atoms with Gasteiger partial charge in [0.15, 0.2) is 0 Å². The molecule has 0 aliphatic rings. The Morgan fingerprint density at radius 1 is 1.64 bits per heavy atom. The summed E-state index contributed by atoms with van der Waals surface area (Å²) in [7, 11) is 1.63. The van der Waals surface area contributed by atoms with E-state index >= 15 is 0 Å². The Morgan fingerprint density at radius 2 is 2.29 bits per heavy atom. The molecule has 0 spiro atoms. The fraction of sp³-hybridized carbons (Fsp3) is 0.889. The van der Waals surface area contributed by atoms with Gasteiger partial charge in [0.1, 0.15) is 6.04 Å². The molecule has 0 aliphatic heterocycles. The molecule has 14 heavy (non-hydrogen) atoms. The van der Waals surface area contributed by atoms with Crippen LogP contribution in [0.5, 0.6) is 0 Å². The molecular formula is C9H20N2O3. The summed E-state index contributed by atoms with van der Waals surface area (Å²) in [6.07, 6.45) is 1.99. The van der Waals surface area contributed by atoms with Gasteiger partial charge < -0.3 is 20.9 Å². The largest absolute Gasteiger partial charge is 0.480 e. The summed E-state index contributed by atoms with van der Waals surface area (Å²) in [6, 6.07) is -0.651. The molecule has 0 fully saturated rings. The van der Waals surface area contributed by atoms with Crippen molar-refractivity contribution in [1.29, 1.82) is 0 Å². The lowest BCUT2D eigenvalue weighted by atomic mass is 10.1. The average Bonchev–Trinajstić information content (AvgIpc) is 2.14. The Labute approximate surface area is 84.6 Å². The third-order valence-electron chi connectivity index (χ3n) is 1.95. The molecule has 0 saturated carbocycles. The van der Waals surface area contributed by atoms with Crippen LogP contribution in [0, 0.1) is 0 Å². The van der Waals surface area contributed by atoms with E-state index in [1.165, 1.54) is 0 Å². The number of nitrogens with one attached hydrogen (secondary N) is 1. The Balaban J connectivity index is 3.74. The lowest BCUT2D eigenvalue weighted by Gasteiger charge is -2.18. The summed E-state index contributed by atoms with van der Waals surface area (Å²) in [5, 5.41) is 11.6. The number of nitrogens with two attached hydrogens (primary N) is 1. The minimum absolute atomic E-state index is 0.190. The zero-order valence-electron chi connectivity index (χ0n) is 8.82. The number of hydrogen-bond donors (Lipinski definition) is 3. The van der Waals surface area contributed by atoms with Crippen LogP contribution in [-0.2, 0) is 9.53 Å². The molecule has 5 nitrogen and oxygen atoms in total. The van der Waals surface area contributed by atoms with E-state index in [0.29, 0.717) is 6.61 Å². The second kappa shape index (κ2) is 7.73. The normalized spacial score (nSPS) is 15.1. The fourth-order valence-electron chi connectivity index (χ4n) is 1.17. The van der Waals surface area contributed by atoms with Crippen LogP contribution < -0.4 is 11.1 Å². The number of rotatable bonds is 8. The summed E-state index contributed by atoms with van der Waals surface area (Å²) >= 11 is 0. The Kier molecular flexibility index (Phi) is 7.37. The van der Waals surface area contributed by atoms with Gasteiger partial charge in [0.2, 0.25) is 0 Å². The van der Waals surface area contributed by atoms with Crippen molar-refractivity contribution in [2.75, 3.05) is 20.3 Å². The van der Waals surface area contributed by atoms with Crippen molar-refractivity contribution in [2.45, 2.75) is 31.8 Å². The second-order valence-corrected chi connectivity index (χ2v) is 3.29. The van der Waals surface area contributed by atoms with Gasteiger partial charge in [0.05, 0.1) is 6.61 Å². The molecule has 84 valence electrons. The van der Waals surface area contributed by atoms with E-state index in [2.05, 4.69) is 12.2 Å². The lowest BCUT2D eigenvalue weighted by molar-refractivity contribution is -0.138. The molecule has 0 aromatic rings. The highest BCUT2D eigenvalue weighted by atomic mass is 16.5. The third kappa shape index (κ3) is 5.90. The van der Waals surface area contributed by atoms with Gasteiger partial charge in [-0.15, -0.1) is 0 Å². The van der Waals surface area contributed by atoms with E-state index in [-0.39, 0.29) is 12.6 Å². The first-order valence-corrected chi connectivity index (χ1v) is 4.82. The Morgan fingerprint density at radius 3 is 2.71 bits per heavy atom. The van der Waals surface area contributed by atoms with E-state index in [1.807, 2.05) is 0 Å². The van der Waals surface area contributed by atoms with E-state index in [9.17, 15) is 4.79 Å². The SMILES string of the molecule is CCCC(COC)NCC(N)C(=O)O. The highest BCUT2D eigenvalue weighted by Gasteiger charge is 2.13. The number of carboxylic acids is 1. The quantitative estimate of drug-likeness (QED) is 0.510. The van der Waals surface area contributed by atoms with Gasteiger partial charge in [0.25, 0.3) is 0 Å². The van der Waals surface area contributed by atoms with E-state index in [4.69, 9.17) is 15.6 Å². The summed E-state index contributed by atoms with van der Waals surface area (Å²) in [4.78, 5) is 10.4. The van der Waals surface area contributed by atoms with Crippen molar-refractivity contribution in [3.05, 3.63) is 0 Å². The topological polar surface area (TPSA) is 84.6 Å². The van der Waals surface area contributed by atoms with Crippen molar-refractivity contribution >= 4 is 5.97 Å². The maximum Gasteiger partial charge on any atom is 0.321 e. The van der Waals surface area contributed by atoms with Crippen molar-refractivity contribution < 1.29 is 14.6 Å². The molecule has 0 saturated heterocycles. The highest BCUT2D eigenvalue weighted by Crippen LogP contribution is 1.96. The molecule has 0 rings (SSSR count). The zero-order valence-corrected chi connectivity index (χ0v) is 8.82. The molecule has 5 heteroatoms. The molecule has 0 aromatic heterocycles. The summed E-state index contributed by atoms with van der Waals surface area (Å²) in [5.41, 5.74) is 5.35. The van der Waals surface area contributed by atoms with Crippen molar-refractivity contribution in [2.24, 2.45) is 5.73 Å². The molecule has 0 bridgehead atoms. The van der Waals surface area contributed by atoms with Crippen molar-refractivity contribution in [1.82, 2.24) is 5.32 Å². The maximum absolute atomic E-state index is 10.4. The number of aliphatic carboxylic acids is 1. The first-order valence-electron chi connectivity index (χ1n) is 4.82. The first-order chi connectivity index (χ1) is 6.61. The van der Waals surface area contributed by atoms with E-state index < -0.39 is 12.0 Å². The zero-order chi connectivity index (χ0) is 11.0. The predicted molar refractivity (Wildman–Crippen MR) is 54.2 cm³/mol. The molecular weight excluding hydrogens is 184 g/mol. The van der Waals surface area contributed by atoms with Crippen LogP contribution in [0.4, 0.5) is 0 Å². The highest BCUT2D eigenvalue weighted by molar-refractivity contribution is 5.73. The molecule has 0 aromatic carbocycles. The van der Waals surface area contributed by atoms with Gasteiger partial charge in [-0.2, -0.15) is 0 Å². The summed E-state index contributed by atoms with van der Waals surface area (Å²) < 4.78 is 5.00. The Hall–Kier alpha value is -0.650. The molecule has 0 aliphatic carbocycles. The van der Waals surface area contributed by atoms with Crippen molar-refractivity contribution in [3.8, 4) is 0 Å². The smallest absolute Gasteiger partial charge is 0.321 e. The lowest BCUT2D eigenvalue weighted by Crippen LogP contribution is -2.45. The number of carbonyl (C=O) groups is 1. The molecule has 0 radical (unpaired) electrons. The first kappa shape index (κ1) is 13.4. The summed E-state index contributed by atoms with van der Waals surface area (Å²) in [6.45, 7) is 2.94. The molecule has 0 amide bonds. The van der Waals surface area contributed by atoms with Crippen LogP contribution in [0.25, 0.3) is 0 Å². The van der Waals surface area contributed by atoms with Crippen LogP contribution in [-0.4, -0.2) is 43.4 Å². The fourth-order valence-corrected chi connectivity index (χ4v) is 1.17. The van der Waals surface area contributed by atoms with Crippen LogP contribution >= 0.6 is 0 Å². The number of hydrogen-bond acceptors (Lipinski definition) is 4. The van der Waals surface area contributed by atoms with Gasteiger partial charge in [-0.05, 0) is 6.42 Å². The molecule has 2 unspecified atom stereocenters. The monoisotopic (exact) mass is 204 g/mol. The van der Waals surface area contributed by atoms with E-state index in [0.717, 1.165) is 12.8 Å². The van der Waals surface area contributed by atoms with Crippen LogP contribution in [0.1, 0.15) is 19.8 Å². The van der Waals surface area contributed by atoms with Crippen molar-refractivity contribution in [3.63, 3.8) is 0 Å². The van der Waals surface area contributed by atoms with E-state index in [1.54, 1.807) is 7.11 Å². The van der Waals surface area contributed by atoms with Gasteiger partial charge in [-0.3, -0.25) is 4.79 Å². The van der Waals surface area contributed by atoms with Crippen LogP contribution in [0.2, 0.25) is 0 Å². The minimum atomic E-state index is -0.981. The maximum atomic E-state index is 10.4. The van der Waals surface area contributed by atoms with Gasteiger partial charge in [-0.1, -0.05) is 13.3 Å². The van der Waals surface area contributed by atoms with Crippen LogP contribution in [0.3, 0.4) is 0 Å². The summed E-state index contributed by atoms with van der Waals surface area (Å²) in [5.74, 6) is -0.981. The molecule has 2 atom stereocenters. The predicted octanol–water partition coefficient (Wildman–Crippen LogP) is -0.197. The molecule has 0 heterocycles. The Bertz CT molecular complexity index is 158. The minimum Gasteiger partial charge on any atom is -0.480 e. The number of methoxy groups -OCH3 is 1. The number of ether oxygens (including phenoxy) is 1. The standard InChI is InChI=1S/C9H20N2O3/c1-3-4-7(6-14-2)11-5-8(10)9(12)13/h7-8,11H,3-6,10H2,1-2H3,(H,12,13). The third-order valence-corrected chi connectivity index (χ3v) is 1.95. The van der Waals surface area contributed by atoms with Crippen LogP contribution in [0.15, 0.2) is 0 Å². The van der Waals surface area contributed by atoms with Gasteiger partial charge in [-0.25, -0.2) is 0 Å². The molecule has 4 N–H and O–H groups in total. The van der Waals surface area contributed by atoms with Gasteiger partial charge >= 0.3 is 5.97 Å². The number of carboxylic acid groups (broad SMARTS) is 1. The average molecular weight is 204 g/mol. The second-order valence-electron chi connectivity index (χ2n) is 3.29.